The van der Waals surface area contributed by atoms with Gasteiger partial charge in [0.05, 0.1) is 17.9 Å². The first-order valence-corrected chi connectivity index (χ1v) is 9.58. The minimum Gasteiger partial charge on any atom is -0.459 e. The number of hydrogen-bond donors (Lipinski definition) is 1. The molecule has 1 amide bonds. The van der Waals surface area contributed by atoms with Crippen LogP contribution in [0, 0.1) is 5.82 Å². The number of hydrogen-bond acceptors (Lipinski definition) is 4. The molecule has 2 N–H and O–H groups in total. The second-order valence-electron chi connectivity index (χ2n) is 7.09. The first kappa shape index (κ1) is 18.3. The monoisotopic (exact) mass is 399 g/mol. The molecule has 5 rings (SSSR count). The number of para-hydroxylation sites is 2. The van der Waals surface area contributed by atoms with Crippen molar-refractivity contribution in [2.24, 2.45) is 10.7 Å². The zero-order chi connectivity index (χ0) is 20.7. The molecule has 5 nitrogen and oxygen atoms in total. The maximum Gasteiger partial charge on any atom is 0.266 e. The number of carbonyl (C=O) groups is 1. The van der Waals surface area contributed by atoms with Gasteiger partial charge in [-0.3, -0.25) is 9.79 Å². The van der Waals surface area contributed by atoms with E-state index in [9.17, 15) is 9.18 Å². The third kappa shape index (κ3) is 3.07. The number of aliphatic imine (C=N–C) groups is 1. The largest absolute Gasteiger partial charge is 0.459 e. The van der Waals surface area contributed by atoms with Gasteiger partial charge in [0.25, 0.3) is 5.91 Å². The van der Waals surface area contributed by atoms with E-state index in [0.717, 1.165) is 11.0 Å². The summed E-state index contributed by atoms with van der Waals surface area (Å²) in [4.78, 5) is 19.1. The molecule has 30 heavy (non-hydrogen) atoms. The number of benzene rings is 3. The van der Waals surface area contributed by atoms with Gasteiger partial charge in [0.1, 0.15) is 17.2 Å². The molecule has 0 bridgehead atoms. The summed E-state index contributed by atoms with van der Waals surface area (Å²) in [7, 11) is 0. The van der Waals surface area contributed by atoms with Gasteiger partial charge in [-0.05, 0) is 30.3 Å². The number of carbonyl (C=O) groups excluding carboxylic acids is 1. The maximum atomic E-state index is 14.6. The lowest BCUT2D eigenvalue weighted by molar-refractivity contribution is -0.119. The van der Waals surface area contributed by atoms with E-state index in [0.29, 0.717) is 28.3 Å². The van der Waals surface area contributed by atoms with E-state index in [1.54, 1.807) is 23.1 Å². The lowest BCUT2D eigenvalue weighted by Gasteiger charge is -2.23. The Labute approximate surface area is 172 Å². The Bertz CT molecular complexity index is 1260. The lowest BCUT2D eigenvalue weighted by atomic mass is 9.99. The molecule has 0 fully saturated rings. The topological polar surface area (TPSA) is 71.8 Å². The second kappa shape index (κ2) is 7.24. The Morgan fingerprint density at radius 1 is 0.967 bits per heavy atom. The Kier molecular flexibility index (Phi) is 4.41. The number of nitrogens with two attached hydrogens (primary N) is 1. The zero-order valence-corrected chi connectivity index (χ0v) is 16.0. The van der Waals surface area contributed by atoms with E-state index in [1.165, 1.54) is 6.07 Å². The third-order valence-corrected chi connectivity index (χ3v) is 5.16. The van der Waals surface area contributed by atoms with Crippen molar-refractivity contribution < 1.29 is 13.6 Å². The Balaban J connectivity index is 1.62. The predicted octanol–water partition coefficient (Wildman–Crippen LogP) is 4.24. The Morgan fingerprint density at radius 2 is 1.67 bits per heavy atom. The molecule has 0 aliphatic carbocycles. The standard InChI is InChI=1S/C24H18FN3O2/c25-19-10-4-2-8-17(19)22-18-9-3-5-11-20(18)28(24(29)23(26)27-22)14-16-13-15-7-1-6-12-21(15)30-16/h1-13,23H,14,26H2/t23-/m0/s1. The minimum absolute atomic E-state index is 0.193. The maximum absolute atomic E-state index is 14.6. The molecular weight excluding hydrogens is 381 g/mol. The highest BCUT2D eigenvalue weighted by Gasteiger charge is 2.31. The van der Waals surface area contributed by atoms with Crippen LogP contribution < -0.4 is 10.6 Å². The van der Waals surface area contributed by atoms with Crippen LogP contribution in [0.15, 0.2) is 88.3 Å². The number of amides is 1. The summed E-state index contributed by atoms with van der Waals surface area (Å²) in [5, 5.41) is 0.954. The van der Waals surface area contributed by atoms with Gasteiger partial charge in [-0.1, -0.05) is 48.5 Å². The highest BCUT2D eigenvalue weighted by Crippen LogP contribution is 2.31. The molecular formula is C24H18FN3O2. The van der Waals surface area contributed by atoms with Crippen LogP contribution in [0.4, 0.5) is 10.1 Å². The zero-order valence-electron chi connectivity index (χ0n) is 16.0. The Morgan fingerprint density at radius 3 is 2.47 bits per heavy atom. The molecule has 148 valence electrons. The Hall–Kier alpha value is -3.77. The van der Waals surface area contributed by atoms with Crippen LogP contribution in [0.1, 0.15) is 16.9 Å². The highest BCUT2D eigenvalue weighted by molar-refractivity contribution is 6.20. The van der Waals surface area contributed by atoms with Crippen LogP contribution >= 0.6 is 0 Å². The number of fused-ring (bicyclic) bond motifs is 2. The molecule has 2 heterocycles. The number of rotatable bonds is 3. The van der Waals surface area contributed by atoms with E-state index >= 15 is 0 Å². The molecule has 4 aromatic rings. The second-order valence-corrected chi connectivity index (χ2v) is 7.09. The van der Waals surface area contributed by atoms with Crippen molar-refractivity contribution in [3.05, 3.63) is 102 Å². The molecule has 1 atom stereocenters. The number of anilines is 1. The van der Waals surface area contributed by atoms with E-state index in [2.05, 4.69) is 4.99 Å². The van der Waals surface area contributed by atoms with E-state index < -0.39 is 12.0 Å². The first-order chi connectivity index (χ1) is 14.6. The normalized spacial score (nSPS) is 16.3. The fourth-order valence-corrected chi connectivity index (χ4v) is 3.75. The van der Waals surface area contributed by atoms with Gasteiger partial charge < -0.3 is 15.1 Å². The van der Waals surface area contributed by atoms with Gasteiger partial charge >= 0.3 is 0 Å². The summed E-state index contributed by atoms with van der Waals surface area (Å²) in [6.45, 7) is 0.193. The molecule has 1 aliphatic heterocycles. The fourth-order valence-electron chi connectivity index (χ4n) is 3.75. The van der Waals surface area contributed by atoms with Gasteiger partial charge in [0.15, 0.2) is 6.17 Å². The van der Waals surface area contributed by atoms with Crippen LogP contribution in [-0.2, 0) is 11.3 Å². The molecule has 3 aromatic carbocycles. The third-order valence-electron chi connectivity index (χ3n) is 5.16. The van der Waals surface area contributed by atoms with Crippen LogP contribution in [-0.4, -0.2) is 17.8 Å². The lowest BCUT2D eigenvalue weighted by Crippen LogP contribution is -2.41. The predicted molar refractivity (Wildman–Crippen MR) is 114 cm³/mol. The minimum atomic E-state index is -1.16. The van der Waals surface area contributed by atoms with Gasteiger partial charge in [-0.25, -0.2) is 4.39 Å². The molecule has 0 unspecified atom stereocenters. The molecule has 6 heteroatoms. The van der Waals surface area contributed by atoms with Crippen molar-refractivity contribution in [1.82, 2.24) is 0 Å². The summed E-state index contributed by atoms with van der Waals surface area (Å²) in [5.74, 6) is -0.174. The van der Waals surface area contributed by atoms with Crippen LogP contribution in [0.2, 0.25) is 0 Å². The summed E-state index contributed by atoms with van der Waals surface area (Å²) < 4.78 is 20.5. The van der Waals surface area contributed by atoms with Gasteiger partial charge in [-0.15, -0.1) is 0 Å². The number of furan rings is 1. The van der Waals surface area contributed by atoms with Crippen molar-refractivity contribution in [3.63, 3.8) is 0 Å². The summed E-state index contributed by atoms with van der Waals surface area (Å²) in [6, 6.07) is 23.2. The van der Waals surface area contributed by atoms with Crippen LogP contribution in [0.3, 0.4) is 0 Å². The average molecular weight is 399 g/mol. The highest BCUT2D eigenvalue weighted by atomic mass is 19.1. The van der Waals surface area contributed by atoms with Crippen LogP contribution in [0.25, 0.3) is 11.0 Å². The molecule has 0 radical (unpaired) electrons. The summed E-state index contributed by atoms with van der Waals surface area (Å²) in [5.41, 5.74) is 8.78. The first-order valence-electron chi connectivity index (χ1n) is 9.58. The molecule has 1 aromatic heterocycles. The van der Waals surface area contributed by atoms with E-state index in [-0.39, 0.29) is 12.5 Å². The van der Waals surface area contributed by atoms with Gasteiger partial charge in [-0.2, -0.15) is 0 Å². The molecule has 0 spiro atoms. The summed E-state index contributed by atoms with van der Waals surface area (Å²) >= 11 is 0. The summed E-state index contributed by atoms with van der Waals surface area (Å²) in [6.07, 6.45) is -1.16. The molecule has 0 saturated carbocycles. The number of nitrogens with zero attached hydrogens (tertiary/aromatic N) is 2. The van der Waals surface area contributed by atoms with Crippen molar-refractivity contribution in [2.45, 2.75) is 12.7 Å². The molecule has 1 aliphatic rings. The van der Waals surface area contributed by atoms with Crippen molar-refractivity contribution >= 4 is 28.3 Å². The average Bonchev–Trinajstić information content (AvgIpc) is 3.14. The van der Waals surface area contributed by atoms with Crippen molar-refractivity contribution in [2.75, 3.05) is 4.90 Å². The van der Waals surface area contributed by atoms with Crippen LogP contribution in [0.5, 0.6) is 0 Å². The number of benzodiazepines with no additional fused rings is 1. The smallest absolute Gasteiger partial charge is 0.266 e. The van der Waals surface area contributed by atoms with Gasteiger partial charge in [0.2, 0.25) is 0 Å². The number of halogens is 1. The van der Waals surface area contributed by atoms with Crippen molar-refractivity contribution in [1.29, 1.82) is 0 Å². The van der Waals surface area contributed by atoms with Crippen molar-refractivity contribution in [3.8, 4) is 0 Å². The van der Waals surface area contributed by atoms with E-state index in [4.69, 9.17) is 10.2 Å². The SMILES string of the molecule is N[C@H]1N=C(c2ccccc2F)c2ccccc2N(Cc2cc3ccccc3o2)C1=O. The van der Waals surface area contributed by atoms with E-state index in [1.807, 2.05) is 54.6 Å². The molecule has 0 saturated heterocycles. The fraction of sp³-hybridized carbons (Fsp3) is 0.0833. The van der Waals surface area contributed by atoms with Gasteiger partial charge in [0, 0.05) is 16.5 Å². The quantitative estimate of drug-likeness (QED) is 0.560.